The second kappa shape index (κ2) is 7.57. The number of aliphatic hydroxyl groups excluding tert-OH is 2. The number of aliphatic hydroxyl groups is 2. The van der Waals surface area contributed by atoms with Gasteiger partial charge in [-0.05, 0) is 21.9 Å². The SMILES string of the molecule is N[C@@H](CO)[C@@H](O)c1ccccc1.O=C1Cc2cccc3cccc1c23. The molecular formula is C21H21NO3. The van der Waals surface area contributed by atoms with Gasteiger partial charge in [0.25, 0.3) is 0 Å². The summed E-state index contributed by atoms with van der Waals surface area (Å²) in [5.41, 5.74) is 8.26. The average Bonchev–Trinajstić information content (AvgIpc) is 3.00. The highest BCUT2D eigenvalue weighted by molar-refractivity contribution is 6.15. The van der Waals surface area contributed by atoms with Crippen LogP contribution in [-0.4, -0.2) is 28.6 Å². The van der Waals surface area contributed by atoms with Crippen molar-refractivity contribution in [2.45, 2.75) is 18.6 Å². The Balaban J connectivity index is 0.000000147. The van der Waals surface area contributed by atoms with Gasteiger partial charge >= 0.3 is 0 Å². The maximum absolute atomic E-state index is 11.5. The monoisotopic (exact) mass is 335 g/mol. The second-order valence-corrected chi connectivity index (χ2v) is 6.12. The zero-order valence-electron chi connectivity index (χ0n) is 13.8. The van der Waals surface area contributed by atoms with Crippen LogP contribution in [0.4, 0.5) is 0 Å². The first-order valence-corrected chi connectivity index (χ1v) is 8.25. The van der Waals surface area contributed by atoms with Crippen molar-refractivity contribution in [2.75, 3.05) is 6.61 Å². The lowest BCUT2D eigenvalue weighted by atomic mass is 10.0. The zero-order chi connectivity index (χ0) is 17.8. The Morgan fingerprint density at radius 1 is 0.960 bits per heavy atom. The van der Waals surface area contributed by atoms with E-state index in [1.807, 2.05) is 42.5 Å². The molecule has 128 valence electrons. The maximum Gasteiger partial charge on any atom is 0.167 e. The number of nitrogens with two attached hydrogens (primary N) is 1. The van der Waals surface area contributed by atoms with Crippen LogP contribution < -0.4 is 5.73 Å². The smallest absolute Gasteiger partial charge is 0.167 e. The van der Waals surface area contributed by atoms with Crippen molar-refractivity contribution in [3.8, 4) is 0 Å². The molecule has 25 heavy (non-hydrogen) atoms. The summed E-state index contributed by atoms with van der Waals surface area (Å²) in [7, 11) is 0. The molecule has 4 N–H and O–H groups in total. The molecule has 4 nitrogen and oxygen atoms in total. The van der Waals surface area contributed by atoms with Crippen LogP contribution in [0.3, 0.4) is 0 Å². The molecule has 0 saturated heterocycles. The highest BCUT2D eigenvalue weighted by Crippen LogP contribution is 2.30. The quantitative estimate of drug-likeness (QED) is 0.687. The fourth-order valence-electron chi connectivity index (χ4n) is 3.06. The van der Waals surface area contributed by atoms with Crippen molar-refractivity contribution < 1.29 is 15.0 Å². The van der Waals surface area contributed by atoms with Crippen LogP contribution in [0.1, 0.15) is 27.6 Å². The van der Waals surface area contributed by atoms with E-state index in [-0.39, 0.29) is 12.4 Å². The Bertz CT molecular complexity index is 871. The molecule has 2 atom stereocenters. The Hall–Kier alpha value is -2.53. The molecule has 3 aromatic carbocycles. The first-order valence-electron chi connectivity index (χ1n) is 8.25. The minimum atomic E-state index is -0.781. The molecule has 4 heteroatoms. The summed E-state index contributed by atoms with van der Waals surface area (Å²) >= 11 is 0. The molecule has 0 fully saturated rings. The molecule has 0 aliphatic heterocycles. The minimum absolute atomic E-state index is 0.212. The second-order valence-electron chi connectivity index (χ2n) is 6.12. The van der Waals surface area contributed by atoms with Gasteiger partial charge in [-0.2, -0.15) is 0 Å². The van der Waals surface area contributed by atoms with Gasteiger partial charge in [-0.1, -0.05) is 66.7 Å². The van der Waals surface area contributed by atoms with Crippen LogP contribution in [0.5, 0.6) is 0 Å². The number of rotatable bonds is 3. The van der Waals surface area contributed by atoms with Gasteiger partial charge in [0, 0.05) is 12.0 Å². The van der Waals surface area contributed by atoms with Crippen molar-refractivity contribution in [2.24, 2.45) is 5.73 Å². The number of hydrogen-bond acceptors (Lipinski definition) is 4. The number of hydrogen-bond donors (Lipinski definition) is 3. The fraction of sp³-hybridized carbons (Fsp3) is 0.190. The van der Waals surface area contributed by atoms with Crippen molar-refractivity contribution >= 4 is 16.6 Å². The molecule has 0 heterocycles. The molecule has 3 aromatic rings. The van der Waals surface area contributed by atoms with Crippen LogP contribution in [0, 0.1) is 0 Å². The summed E-state index contributed by atoms with van der Waals surface area (Å²) in [5.74, 6) is 0.256. The van der Waals surface area contributed by atoms with Crippen LogP contribution in [0.25, 0.3) is 10.8 Å². The number of Topliss-reactive ketones (excluding diaryl/α,β-unsaturated/α-hetero) is 1. The highest BCUT2D eigenvalue weighted by Gasteiger charge is 2.20. The van der Waals surface area contributed by atoms with E-state index >= 15 is 0 Å². The predicted molar refractivity (Wildman–Crippen MR) is 98.4 cm³/mol. The Labute approximate surface area is 146 Å². The summed E-state index contributed by atoms with van der Waals surface area (Å²) < 4.78 is 0. The van der Waals surface area contributed by atoms with Crippen molar-refractivity contribution in [3.05, 3.63) is 83.4 Å². The lowest BCUT2D eigenvalue weighted by molar-refractivity contribution is 0.0999. The van der Waals surface area contributed by atoms with E-state index in [0.29, 0.717) is 6.42 Å². The fourth-order valence-corrected chi connectivity index (χ4v) is 3.06. The standard InChI is InChI=1S/C12H8O.C9H13NO2/c13-11-7-9-5-1-3-8-4-2-6-10(11)12(8)9;10-8(6-11)9(12)7-4-2-1-3-5-7/h1-6H,7H2;1-5,8-9,11-12H,6,10H2/t;8-,9-/m.0/s1. The van der Waals surface area contributed by atoms with E-state index < -0.39 is 12.1 Å². The van der Waals surface area contributed by atoms with Gasteiger partial charge in [0.05, 0.1) is 18.8 Å². The van der Waals surface area contributed by atoms with Crippen molar-refractivity contribution in [3.63, 3.8) is 0 Å². The molecule has 0 saturated carbocycles. The normalized spacial score (nSPS) is 14.8. The van der Waals surface area contributed by atoms with Crippen LogP contribution >= 0.6 is 0 Å². The van der Waals surface area contributed by atoms with E-state index in [1.54, 1.807) is 12.1 Å². The molecular weight excluding hydrogens is 314 g/mol. The van der Waals surface area contributed by atoms with Crippen LogP contribution in [-0.2, 0) is 6.42 Å². The number of ketones is 1. The molecule has 1 aliphatic carbocycles. The average molecular weight is 335 g/mol. The first kappa shape index (κ1) is 17.3. The van der Waals surface area contributed by atoms with Gasteiger partial charge in [0.2, 0.25) is 0 Å². The molecule has 1 aliphatic rings. The Morgan fingerprint density at radius 3 is 2.32 bits per heavy atom. The largest absolute Gasteiger partial charge is 0.395 e. The van der Waals surface area contributed by atoms with E-state index in [9.17, 15) is 9.90 Å². The van der Waals surface area contributed by atoms with Gasteiger partial charge in [0.1, 0.15) is 0 Å². The van der Waals surface area contributed by atoms with Crippen LogP contribution in [0.2, 0.25) is 0 Å². The third kappa shape index (κ3) is 3.61. The van der Waals surface area contributed by atoms with Gasteiger partial charge in [0.15, 0.2) is 5.78 Å². The summed E-state index contributed by atoms with van der Waals surface area (Å²) in [6.45, 7) is -0.212. The highest BCUT2D eigenvalue weighted by atomic mass is 16.3. The number of carbonyl (C=O) groups is 1. The summed E-state index contributed by atoms with van der Waals surface area (Å²) in [6, 6.07) is 20.5. The van der Waals surface area contributed by atoms with Crippen molar-refractivity contribution in [1.29, 1.82) is 0 Å². The van der Waals surface area contributed by atoms with Gasteiger partial charge in [-0.25, -0.2) is 0 Å². The number of benzene rings is 3. The molecule has 0 unspecified atom stereocenters. The molecule has 0 bridgehead atoms. The topological polar surface area (TPSA) is 83.6 Å². The van der Waals surface area contributed by atoms with Gasteiger partial charge in [-0.15, -0.1) is 0 Å². The van der Waals surface area contributed by atoms with Gasteiger partial charge < -0.3 is 15.9 Å². The molecule has 0 amide bonds. The van der Waals surface area contributed by atoms with Crippen LogP contribution in [0.15, 0.2) is 66.7 Å². The lowest BCUT2D eigenvalue weighted by Gasteiger charge is -2.16. The van der Waals surface area contributed by atoms with E-state index in [2.05, 4.69) is 12.1 Å². The first-order chi connectivity index (χ1) is 12.1. The Morgan fingerprint density at radius 2 is 1.64 bits per heavy atom. The molecule has 0 spiro atoms. The zero-order valence-corrected chi connectivity index (χ0v) is 13.8. The Kier molecular flexibility index (Phi) is 5.24. The molecule has 4 rings (SSSR count). The third-order valence-electron chi connectivity index (χ3n) is 4.40. The molecule has 0 aromatic heterocycles. The third-order valence-corrected chi connectivity index (χ3v) is 4.40. The predicted octanol–water partition coefficient (Wildman–Crippen LogP) is 2.62. The molecule has 0 radical (unpaired) electrons. The summed E-state index contributed by atoms with van der Waals surface area (Å²) in [4.78, 5) is 11.5. The maximum atomic E-state index is 11.5. The van der Waals surface area contributed by atoms with E-state index in [0.717, 1.165) is 16.5 Å². The van der Waals surface area contributed by atoms with E-state index in [4.69, 9.17) is 10.8 Å². The van der Waals surface area contributed by atoms with E-state index in [1.165, 1.54) is 10.9 Å². The van der Waals surface area contributed by atoms with Crippen molar-refractivity contribution in [1.82, 2.24) is 0 Å². The number of carbonyl (C=O) groups excluding carboxylic acids is 1. The lowest BCUT2D eigenvalue weighted by Crippen LogP contribution is -2.31. The summed E-state index contributed by atoms with van der Waals surface area (Å²) in [5, 5.41) is 20.5. The van der Waals surface area contributed by atoms with Gasteiger partial charge in [-0.3, -0.25) is 4.79 Å². The summed E-state index contributed by atoms with van der Waals surface area (Å²) in [6.07, 6.45) is -0.201. The minimum Gasteiger partial charge on any atom is -0.395 e.